The number of anilines is 3. The summed E-state index contributed by atoms with van der Waals surface area (Å²) < 4.78 is 0. The second-order valence-electron chi connectivity index (χ2n) is 6.00. The van der Waals surface area contributed by atoms with Gasteiger partial charge in [-0.25, -0.2) is 0 Å². The molecule has 0 bridgehead atoms. The van der Waals surface area contributed by atoms with Gasteiger partial charge in [-0.1, -0.05) is 0 Å². The van der Waals surface area contributed by atoms with Gasteiger partial charge in [-0.05, 0) is 38.5 Å². The molecule has 7 heteroatoms. The Morgan fingerprint density at radius 3 is 2.33 bits per heavy atom. The molecule has 0 amide bonds. The largest absolute Gasteiger partial charge is 0.394 e. The van der Waals surface area contributed by atoms with Gasteiger partial charge in [0.1, 0.15) is 0 Å². The molecule has 116 valence electrons. The Kier molecular flexibility index (Phi) is 4.10. The van der Waals surface area contributed by atoms with Crippen molar-refractivity contribution in [1.82, 2.24) is 15.0 Å². The molecule has 1 saturated carbocycles. The number of hydrogen-bond acceptors (Lipinski definition) is 7. The normalized spacial score (nSPS) is 20.8. The van der Waals surface area contributed by atoms with Crippen LogP contribution in [0.2, 0.25) is 0 Å². The minimum Gasteiger partial charge on any atom is -0.394 e. The van der Waals surface area contributed by atoms with Crippen molar-refractivity contribution >= 4 is 17.8 Å². The van der Waals surface area contributed by atoms with Crippen LogP contribution in [-0.4, -0.2) is 52.3 Å². The fourth-order valence-electron chi connectivity index (χ4n) is 2.93. The molecule has 3 rings (SSSR count). The van der Waals surface area contributed by atoms with Gasteiger partial charge in [-0.15, -0.1) is 0 Å². The van der Waals surface area contributed by atoms with Crippen molar-refractivity contribution in [3.05, 3.63) is 0 Å². The predicted molar refractivity (Wildman–Crippen MR) is 82.7 cm³/mol. The highest BCUT2D eigenvalue weighted by Crippen LogP contribution is 2.34. The Morgan fingerprint density at radius 1 is 1.05 bits per heavy atom. The van der Waals surface area contributed by atoms with Crippen LogP contribution in [0.25, 0.3) is 0 Å². The van der Waals surface area contributed by atoms with E-state index >= 15 is 0 Å². The van der Waals surface area contributed by atoms with Crippen molar-refractivity contribution in [2.24, 2.45) is 0 Å². The molecule has 2 fully saturated rings. The van der Waals surface area contributed by atoms with Gasteiger partial charge in [0.05, 0.1) is 12.1 Å². The van der Waals surface area contributed by atoms with E-state index in [4.69, 9.17) is 0 Å². The zero-order valence-corrected chi connectivity index (χ0v) is 12.6. The fourth-order valence-corrected chi connectivity index (χ4v) is 2.93. The highest BCUT2D eigenvalue weighted by atomic mass is 16.3. The van der Waals surface area contributed by atoms with Crippen LogP contribution in [0.15, 0.2) is 0 Å². The molecule has 0 aromatic carbocycles. The lowest BCUT2D eigenvalue weighted by Gasteiger charge is -2.41. The molecule has 21 heavy (non-hydrogen) atoms. The molecule has 3 N–H and O–H groups in total. The zero-order chi connectivity index (χ0) is 14.7. The van der Waals surface area contributed by atoms with Gasteiger partial charge in [-0.3, -0.25) is 0 Å². The molecular weight excluding hydrogens is 268 g/mol. The summed E-state index contributed by atoms with van der Waals surface area (Å²) in [6, 6.07) is 0. The maximum absolute atomic E-state index is 9.58. The number of hydrogen-bond donors (Lipinski definition) is 3. The molecule has 1 saturated heterocycles. The molecule has 0 atom stereocenters. The summed E-state index contributed by atoms with van der Waals surface area (Å²) in [4.78, 5) is 15.6. The second-order valence-corrected chi connectivity index (χ2v) is 6.00. The topological polar surface area (TPSA) is 86.2 Å². The van der Waals surface area contributed by atoms with Crippen molar-refractivity contribution in [3.8, 4) is 0 Å². The third-order valence-electron chi connectivity index (χ3n) is 4.48. The second kappa shape index (κ2) is 6.01. The van der Waals surface area contributed by atoms with E-state index in [9.17, 15) is 5.11 Å². The highest BCUT2D eigenvalue weighted by molar-refractivity contribution is 5.45. The average molecular weight is 292 g/mol. The lowest BCUT2D eigenvalue weighted by molar-refractivity contribution is 0.143. The SMILES string of the molecule is CNc1nc(NC2(CO)CCC2)nc(N2CCCCC2)n1. The van der Waals surface area contributed by atoms with Crippen molar-refractivity contribution in [1.29, 1.82) is 0 Å². The number of aliphatic hydroxyl groups is 1. The van der Waals surface area contributed by atoms with E-state index in [2.05, 4.69) is 30.5 Å². The summed E-state index contributed by atoms with van der Waals surface area (Å²) in [5.74, 6) is 1.85. The molecule has 2 aliphatic rings. The smallest absolute Gasteiger partial charge is 0.231 e. The first-order chi connectivity index (χ1) is 10.2. The minimum absolute atomic E-state index is 0.118. The molecule has 2 heterocycles. The number of aromatic nitrogens is 3. The first-order valence-electron chi connectivity index (χ1n) is 7.82. The number of aliphatic hydroxyl groups excluding tert-OH is 1. The standard InChI is InChI=1S/C14H24N6O/c1-15-11-16-12(19-14(10-21)6-5-7-14)18-13(17-11)20-8-3-2-4-9-20/h21H,2-10H2,1H3,(H2,15,16,17,18,19). The van der Waals surface area contributed by atoms with E-state index in [0.29, 0.717) is 11.9 Å². The number of nitrogens with one attached hydrogen (secondary N) is 2. The number of piperidine rings is 1. The Hall–Kier alpha value is -1.63. The summed E-state index contributed by atoms with van der Waals surface area (Å²) >= 11 is 0. The van der Waals surface area contributed by atoms with E-state index in [0.717, 1.165) is 38.3 Å². The predicted octanol–water partition coefficient (Wildman–Crippen LogP) is 1.23. The average Bonchev–Trinajstić information content (AvgIpc) is 2.51. The molecule has 1 aromatic heterocycles. The van der Waals surface area contributed by atoms with Crippen LogP contribution in [0.5, 0.6) is 0 Å². The third-order valence-corrected chi connectivity index (χ3v) is 4.48. The molecule has 1 aliphatic heterocycles. The maximum Gasteiger partial charge on any atom is 0.231 e. The third kappa shape index (κ3) is 3.02. The van der Waals surface area contributed by atoms with Crippen LogP contribution in [0.3, 0.4) is 0 Å². The van der Waals surface area contributed by atoms with Gasteiger partial charge in [-0.2, -0.15) is 15.0 Å². The summed E-state index contributed by atoms with van der Waals surface area (Å²) in [5.41, 5.74) is -0.245. The first kappa shape index (κ1) is 14.3. The molecular formula is C14H24N6O. The van der Waals surface area contributed by atoms with E-state index in [1.54, 1.807) is 0 Å². The van der Waals surface area contributed by atoms with Crippen LogP contribution in [0, 0.1) is 0 Å². The van der Waals surface area contributed by atoms with Crippen LogP contribution in [0.1, 0.15) is 38.5 Å². The number of nitrogens with zero attached hydrogens (tertiary/aromatic N) is 4. The molecule has 7 nitrogen and oxygen atoms in total. The van der Waals surface area contributed by atoms with Gasteiger partial charge in [0, 0.05) is 20.1 Å². The maximum atomic E-state index is 9.58. The summed E-state index contributed by atoms with van der Waals surface area (Å²) in [7, 11) is 1.81. The zero-order valence-electron chi connectivity index (χ0n) is 12.6. The quantitative estimate of drug-likeness (QED) is 0.752. The molecule has 1 aliphatic carbocycles. The lowest BCUT2D eigenvalue weighted by atomic mass is 9.77. The van der Waals surface area contributed by atoms with Crippen LogP contribution < -0.4 is 15.5 Å². The first-order valence-corrected chi connectivity index (χ1v) is 7.82. The van der Waals surface area contributed by atoms with Crippen LogP contribution in [-0.2, 0) is 0 Å². The van der Waals surface area contributed by atoms with Crippen LogP contribution in [0.4, 0.5) is 17.8 Å². The van der Waals surface area contributed by atoms with Gasteiger partial charge < -0.3 is 20.6 Å². The summed E-state index contributed by atoms with van der Waals surface area (Å²) in [6.45, 7) is 2.11. The molecule has 0 spiro atoms. The van der Waals surface area contributed by atoms with Crippen molar-refractivity contribution < 1.29 is 5.11 Å². The highest BCUT2D eigenvalue weighted by Gasteiger charge is 2.37. The Balaban J connectivity index is 1.82. The van der Waals surface area contributed by atoms with Crippen LogP contribution >= 0.6 is 0 Å². The van der Waals surface area contributed by atoms with E-state index in [1.807, 2.05) is 7.05 Å². The molecule has 0 radical (unpaired) electrons. The van der Waals surface area contributed by atoms with E-state index in [1.165, 1.54) is 19.3 Å². The lowest BCUT2D eigenvalue weighted by Crippen LogP contribution is -2.48. The Labute approximate surface area is 125 Å². The monoisotopic (exact) mass is 292 g/mol. The summed E-state index contributed by atoms with van der Waals surface area (Å²) in [6.07, 6.45) is 6.70. The summed E-state index contributed by atoms with van der Waals surface area (Å²) in [5, 5.41) is 15.9. The molecule has 0 unspecified atom stereocenters. The van der Waals surface area contributed by atoms with Crippen molar-refractivity contribution in [2.75, 3.05) is 42.3 Å². The van der Waals surface area contributed by atoms with Crippen molar-refractivity contribution in [3.63, 3.8) is 0 Å². The fraction of sp³-hybridized carbons (Fsp3) is 0.786. The van der Waals surface area contributed by atoms with Gasteiger partial charge >= 0.3 is 0 Å². The Bertz CT molecular complexity index is 479. The molecule has 1 aromatic rings. The van der Waals surface area contributed by atoms with Gasteiger partial charge in [0.25, 0.3) is 0 Å². The van der Waals surface area contributed by atoms with E-state index < -0.39 is 0 Å². The van der Waals surface area contributed by atoms with Crippen molar-refractivity contribution in [2.45, 2.75) is 44.1 Å². The minimum atomic E-state index is -0.245. The van der Waals surface area contributed by atoms with Gasteiger partial charge in [0.2, 0.25) is 17.8 Å². The van der Waals surface area contributed by atoms with Gasteiger partial charge in [0.15, 0.2) is 0 Å². The number of rotatable bonds is 5. The Morgan fingerprint density at radius 2 is 1.76 bits per heavy atom. The van der Waals surface area contributed by atoms with E-state index in [-0.39, 0.29) is 12.1 Å².